The van der Waals surface area contributed by atoms with Crippen molar-refractivity contribution in [2.45, 2.75) is 31.7 Å². The molecule has 0 amide bonds. The molecule has 0 unspecified atom stereocenters. The second kappa shape index (κ2) is 6.71. The van der Waals surface area contributed by atoms with E-state index < -0.39 is 9.84 Å². The van der Waals surface area contributed by atoms with E-state index in [9.17, 15) is 8.42 Å². The van der Waals surface area contributed by atoms with Crippen LogP contribution >= 0.6 is 0 Å². The molecule has 0 aromatic heterocycles. The Kier molecular flexibility index (Phi) is 5.56. The van der Waals surface area contributed by atoms with Gasteiger partial charge in [0.25, 0.3) is 0 Å². The summed E-state index contributed by atoms with van der Waals surface area (Å²) < 4.78 is 24.3. The summed E-state index contributed by atoms with van der Waals surface area (Å²) in [6.45, 7) is 4.44. The molecule has 0 heterocycles. The third-order valence-electron chi connectivity index (χ3n) is 2.62. The maximum Gasteiger partial charge on any atom is 0.182 e. The Morgan fingerprint density at radius 3 is 2.50 bits per heavy atom. The fourth-order valence-corrected chi connectivity index (χ4v) is 3.03. The van der Waals surface area contributed by atoms with E-state index in [1.54, 1.807) is 30.3 Å². The molecular weight excluding hydrogens is 246 g/mol. The third kappa shape index (κ3) is 4.27. The van der Waals surface area contributed by atoms with Gasteiger partial charge in [-0.25, -0.2) is 8.42 Å². The molecular formula is C14H21NO2S. The predicted molar refractivity (Wildman–Crippen MR) is 75.0 cm³/mol. The van der Waals surface area contributed by atoms with Crippen molar-refractivity contribution in [3.63, 3.8) is 0 Å². The Hall–Kier alpha value is -1.13. The number of benzene rings is 1. The Morgan fingerprint density at radius 1 is 1.22 bits per heavy atom. The highest BCUT2D eigenvalue weighted by atomic mass is 32.2. The van der Waals surface area contributed by atoms with Crippen molar-refractivity contribution in [3.05, 3.63) is 42.0 Å². The van der Waals surface area contributed by atoms with Gasteiger partial charge in [0, 0.05) is 6.54 Å². The van der Waals surface area contributed by atoms with Crippen molar-refractivity contribution >= 4 is 9.84 Å². The van der Waals surface area contributed by atoms with Crippen LogP contribution in [0.4, 0.5) is 0 Å². The number of hydrogen-bond donors (Lipinski definition) is 1. The zero-order valence-electron chi connectivity index (χ0n) is 11.0. The van der Waals surface area contributed by atoms with E-state index in [0.29, 0.717) is 16.4 Å². The first-order valence-corrected chi connectivity index (χ1v) is 7.78. The van der Waals surface area contributed by atoms with E-state index in [-0.39, 0.29) is 12.3 Å². The first-order chi connectivity index (χ1) is 8.47. The van der Waals surface area contributed by atoms with Gasteiger partial charge >= 0.3 is 0 Å². The second-order valence-electron chi connectivity index (χ2n) is 4.69. The zero-order chi connectivity index (χ0) is 13.6. The standard InChI is InChI=1S/C14H21NO2S/c1-12(2)7-5-6-10-18(16,17)14-9-4-3-8-13(14)11-15/h3-6,8-9,12H,7,10-11,15H2,1-2H3. The average molecular weight is 267 g/mol. The molecule has 0 spiro atoms. The molecule has 2 N–H and O–H groups in total. The maximum absolute atomic E-state index is 12.1. The summed E-state index contributed by atoms with van der Waals surface area (Å²) in [4.78, 5) is 0.349. The van der Waals surface area contributed by atoms with Gasteiger partial charge in [-0.15, -0.1) is 0 Å². The van der Waals surface area contributed by atoms with Crippen LogP contribution in [0.5, 0.6) is 0 Å². The van der Waals surface area contributed by atoms with Crippen molar-refractivity contribution in [1.82, 2.24) is 0 Å². The zero-order valence-corrected chi connectivity index (χ0v) is 11.8. The number of sulfone groups is 1. The number of rotatable bonds is 6. The largest absolute Gasteiger partial charge is 0.326 e. The van der Waals surface area contributed by atoms with Crippen LogP contribution in [0.25, 0.3) is 0 Å². The quantitative estimate of drug-likeness (QED) is 0.806. The topological polar surface area (TPSA) is 60.2 Å². The van der Waals surface area contributed by atoms with Gasteiger partial charge in [0.05, 0.1) is 10.6 Å². The van der Waals surface area contributed by atoms with Crippen molar-refractivity contribution in [2.24, 2.45) is 11.7 Å². The molecule has 3 nitrogen and oxygen atoms in total. The molecule has 0 bridgehead atoms. The molecule has 0 fully saturated rings. The van der Waals surface area contributed by atoms with E-state index in [1.165, 1.54) is 0 Å². The minimum atomic E-state index is -3.27. The summed E-state index contributed by atoms with van der Waals surface area (Å²) >= 11 is 0. The van der Waals surface area contributed by atoms with Gasteiger partial charge in [-0.2, -0.15) is 0 Å². The highest BCUT2D eigenvalue weighted by Crippen LogP contribution is 2.16. The lowest BCUT2D eigenvalue weighted by atomic mass is 10.1. The molecule has 1 aromatic carbocycles. The van der Waals surface area contributed by atoms with Gasteiger partial charge in [-0.05, 0) is 24.0 Å². The molecule has 4 heteroatoms. The fourth-order valence-electron chi connectivity index (χ4n) is 1.63. The Morgan fingerprint density at radius 2 is 1.89 bits per heavy atom. The van der Waals surface area contributed by atoms with Crippen LogP contribution in [0.1, 0.15) is 25.8 Å². The lowest BCUT2D eigenvalue weighted by Crippen LogP contribution is -2.10. The summed E-state index contributed by atoms with van der Waals surface area (Å²) in [5.41, 5.74) is 6.24. The molecule has 0 aliphatic rings. The lowest BCUT2D eigenvalue weighted by Gasteiger charge is -2.07. The van der Waals surface area contributed by atoms with Gasteiger partial charge in [0.2, 0.25) is 0 Å². The summed E-state index contributed by atoms with van der Waals surface area (Å²) in [6, 6.07) is 6.90. The first-order valence-electron chi connectivity index (χ1n) is 6.13. The summed E-state index contributed by atoms with van der Waals surface area (Å²) in [6.07, 6.45) is 4.55. The molecule has 1 aromatic rings. The molecule has 0 aliphatic heterocycles. The highest BCUT2D eigenvalue weighted by molar-refractivity contribution is 7.91. The molecule has 1 rings (SSSR count). The summed E-state index contributed by atoms with van der Waals surface area (Å²) in [5, 5.41) is 0. The Labute approximate surface area is 110 Å². The molecule has 0 saturated heterocycles. The maximum atomic E-state index is 12.1. The van der Waals surface area contributed by atoms with E-state index in [4.69, 9.17) is 5.73 Å². The molecule has 18 heavy (non-hydrogen) atoms. The van der Waals surface area contributed by atoms with Crippen LogP contribution in [0, 0.1) is 5.92 Å². The molecule has 0 atom stereocenters. The molecule has 0 saturated carbocycles. The van der Waals surface area contributed by atoms with Crippen LogP contribution in [-0.4, -0.2) is 14.2 Å². The summed E-state index contributed by atoms with van der Waals surface area (Å²) in [5.74, 6) is 0.580. The van der Waals surface area contributed by atoms with E-state index >= 15 is 0 Å². The van der Waals surface area contributed by atoms with Crippen molar-refractivity contribution in [1.29, 1.82) is 0 Å². The van der Waals surface area contributed by atoms with Gasteiger partial charge in [-0.1, -0.05) is 44.2 Å². The van der Waals surface area contributed by atoms with E-state index in [2.05, 4.69) is 13.8 Å². The van der Waals surface area contributed by atoms with Crippen molar-refractivity contribution < 1.29 is 8.42 Å². The monoisotopic (exact) mass is 267 g/mol. The second-order valence-corrected chi connectivity index (χ2v) is 6.70. The molecule has 0 aliphatic carbocycles. The number of nitrogens with two attached hydrogens (primary N) is 1. The normalized spacial score (nSPS) is 12.4. The van der Waals surface area contributed by atoms with Gasteiger partial charge in [0.15, 0.2) is 9.84 Å². The predicted octanol–water partition coefficient (Wildman–Crippen LogP) is 2.52. The SMILES string of the molecule is CC(C)CC=CCS(=O)(=O)c1ccccc1CN. The average Bonchev–Trinajstić information content (AvgIpc) is 2.34. The van der Waals surface area contributed by atoms with Crippen LogP contribution in [-0.2, 0) is 16.4 Å². The smallest absolute Gasteiger partial charge is 0.182 e. The van der Waals surface area contributed by atoms with Crippen molar-refractivity contribution in [3.8, 4) is 0 Å². The van der Waals surface area contributed by atoms with Crippen LogP contribution in [0.15, 0.2) is 41.3 Å². The minimum absolute atomic E-state index is 0.0384. The highest BCUT2D eigenvalue weighted by Gasteiger charge is 2.15. The third-order valence-corrected chi connectivity index (χ3v) is 4.32. The molecule has 0 radical (unpaired) electrons. The lowest BCUT2D eigenvalue weighted by molar-refractivity contribution is 0.597. The van der Waals surface area contributed by atoms with Crippen LogP contribution in [0.3, 0.4) is 0 Å². The number of allylic oxidation sites excluding steroid dienone is 1. The number of hydrogen-bond acceptors (Lipinski definition) is 3. The Bertz CT molecular complexity index is 504. The van der Waals surface area contributed by atoms with Gasteiger partial charge < -0.3 is 5.73 Å². The van der Waals surface area contributed by atoms with Gasteiger partial charge in [0.1, 0.15) is 0 Å². The van der Waals surface area contributed by atoms with Crippen LogP contribution < -0.4 is 5.73 Å². The van der Waals surface area contributed by atoms with Gasteiger partial charge in [-0.3, -0.25) is 0 Å². The first kappa shape index (κ1) is 14.9. The van der Waals surface area contributed by atoms with E-state index in [1.807, 2.05) is 6.08 Å². The van der Waals surface area contributed by atoms with E-state index in [0.717, 1.165) is 6.42 Å². The molecule has 100 valence electrons. The van der Waals surface area contributed by atoms with Crippen LogP contribution in [0.2, 0.25) is 0 Å². The fraction of sp³-hybridized carbons (Fsp3) is 0.429. The van der Waals surface area contributed by atoms with Crippen molar-refractivity contribution in [2.75, 3.05) is 5.75 Å². The summed E-state index contributed by atoms with van der Waals surface area (Å²) in [7, 11) is -3.27. The minimum Gasteiger partial charge on any atom is -0.326 e. The Balaban J connectivity index is 2.83.